The Labute approximate surface area is 149 Å². The van der Waals surface area contributed by atoms with Gasteiger partial charge in [0, 0.05) is 34.7 Å². The van der Waals surface area contributed by atoms with Gasteiger partial charge >= 0.3 is 0 Å². The fourth-order valence-corrected chi connectivity index (χ4v) is 3.97. The largest absolute Gasteiger partial charge is 0.358 e. The van der Waals surface area contributed by atoms with Gasteiger partial charge in [-0.25, -0.2) is 0 Å². The number of amides is 1. The van der Waals surface area contributed by atoms with E-state index in [1.807, 2.05) is 29.2 Å². The number of likely N-dealkylation sites (tertiary alicyclic amines) is 1. The van der Waals surface area contributed by atoms with Crippen LogP contribution in [-0.2, 0) is 0 Å². The van der Waals surface area contributed by atoms with Gasteiger partial charge in [-0.1, -0.05) is 30.3 Å². The van der Waals surface area contributed by atoms with Crippen molar-refractivity contribution < 1.29 is 4.79 Å². The Hall–Kier alpha value is -2.07. The summed E-state index contributed by atoms with van der Waals surface area (Å²) in [7, 11) is 0. The number of aromatic nitrogens is 1. The molecule has 0 atom stereocenters. The predicted molar refractivity (Wildman–Crippen MR) is 100 cm³/mol. The van der Waals surface area contributed by atoms with Crippen LogP contribution in [0.5, 0.6) is 0 Å². The molecule has 1 saturated heterocycles. The molecule has 1 N–H and O–H groups in total. The molecule has 0 unspecified atom stereocenters. The lowest BCUT2D eigenvalue weighted by Crippen LogP contribution is -2.38. The molecule has 122 valence electrons. The molecule has 2 heterocycles. The van der Waals surface area contributed by atoms with Crippen molar-refractivity contribution in [3.05, 3.63) is 70.3 Å². The van der Waals surface area contributed by atoms with Crippen LogP contribution in [0.15, 0.2) is 59.1 Å². The number of carbonyl (C=O) groups excluding carboxylic acids is 1. The molecule has 1 aromatic heterocycles. The van der Waals surface area contributed by atoms with Crippen molar-refractivity contribution in [2.75, 3.05) is 13.1 Å². The minimum Gasteiger partial charge on any atom is -0.358 e. The van der Waals surface area contributed by atoms with Crippen molar-refractivity contribution >= 4 is 32.7 Å². The van der Waals surface area contributed by atoms with Crippen LogP contribution in [0.3, 0.4) is 0 Å². The first-order chi connectivity index (χ1) is 11.7. The van der Waals surface area contributed by atoms with Crippen molar-refractivity contribution in [2.45, 2.75) is 18.8 Å². The van der Waals surface area contributed by atoms with E-state index in [1.54, 1.807) is 0 Å². The molecule has 0 spiro atoms. The minimum atomic E-state index is 0.123. The standard InChI is InChI=1S/C20H19BrN2O/c21-17-7-3-2-6-16(17)20(24)23-11-9-14(10-12-23)19-13-15-5-1-4-8-18(15)22-19/h1-8,13-14,22H,9-12H2. The Balaban J connectivity index is 1.47. The molecule has 0 saturated carbocycles. The van der Waals surface area contributed by atoms with Crippen molar-refractivity contribution in [1.29, 1.82) is 0 Å². The van der Waals surface area contributed by atoms with Crippen LogP contribution < -0.4 is 0 Å². The third-order valence-corrected chi connectivity index (χ3v) is 5.57. The molecule has 2 aromatic carbocycles. The van der Waals surface area contributed by atoms with Crippen LogP contribution in [0, 0.1) is 0 Å². The maximum Gasteiger partial charge on any atom is 0.254 e. The summed E-state index contributed by atoms with van der Waals surface area (Å²) in [6.07, 6.45) is 2.01. The zero-order valence-electron chi connectivity index (χ0n) is 13.3. The molecule has 0 aliphatic carbocycles. The van der Waals surface area contributed by atoms with Gasteiger partial charge in [-0.2, -0.15) is 0 Å². The van der Waals surface area contributed by atoms with Crippen molar-refractivity contribution in [3.63, 3.8) is 0 Å². The highest BCUT2D eigenvalue weighted by Gasteiger charge is 2.26. The number of aromatic amines is 1. The number of fused-ring (bicyclic) bond motifs is 1. The molecule has 24 heavy (non-hydrogen) atoms. The van der Waals surface area contributed by atoms with E-state index in [4.69, 9.17) is 0 Å². The highest BCUT2D eigenvalue weighted by atomic mass is 79.9. The summed E-state index contributed by atoms with van der Waals surface area (Å²) in [5.41, 5.74) is 3.24. The van der Waals surface area contributed by atoms with Crippen LogP contribution in [0.2, 0.25) is 0 Å². The third kappa shape index (κ3) is 2.86. The van der Waals surface area contributed by atoms with E-state index < -0.39 is 0 Å². The predicted octanol–water partition coefficient (Wildman–Crippen LogP) is 4.95. The molecule has 4 heteroatoms. The van der Waals surface area contributed by atoms with Gasteiger partial charge in [0.15, 0.2) is 0 Å². The second kappa shape index (κ2) is 6.44. The summed E-state index contributed by atoms with van der Waals surface area (Å²) < 4.78 is 0.868. The Morgan fingerprint density at radius 1 is 1.04 bits per heavy atom. The number of hydrogen-bond acceptors (Lipinski definition) is 1. The first-order valence-electron chi connectivity index (χ1n) is 8.34. The number of nitrogens with one attached hydrogen (secondary N) is 1. The minimum absolute atomic E-state index is 0.123. The molecular formula is C20H19BrN2O. The Morgan fingerprint density at radius 2 is 1.75 bits per heavy atom. The number of benzene rings is 2. The van der Waals surface area contributed by atoms with Gasteiger partial charge in [0.1, 0.15) is 0 Å². The van der Waals surface area contributed by atoms with Crippen LogP contribution in [0.1, 0.15) is 34.8 Å². The molecule has 1 amide bonds. The van der Waals surface area contributed by atoms with E-state index in [2.05, 4.69) is 51.2 Å². The van der Waals surface area contributed by atoms with Crippen LogP contribution >= 0.6 is 15.9 Å². The number of carbonyl (C=O) groups is 1. The van der Waals surface area contributed by atoms with Gasteiger partial charge in [-0.3, -0.25) is 4.79 Å². The van der Waals surface area contributed by atoms with Gasteiger partial charge in [0.05, 0.1) is 5.56 Å². The number of nitrogens with zero attached hydrogens (tertiary/aromatic N) is 1. The van der Waals surface area contributed by atoms with Crippen molar-refractivity contribution in [2.24, 2.45) is 0 Å². The second-order valence-electron chi connectivity index (χ2n) is 6.36. The summed E-state index contributed by atoms with van der Waals surface area (Å²) in [5, 5.41) is 1.26. The van der Waals surface area contributed by atoms with E-state index in [-0.39, 0.29) is 5.91 Å². The number of piperidine rings is 1. The van der Waals surface area contributed by atoms with E-state index in [1.165, 1.54) is 16.6 Å². The molecule has 1 aliphatic heterocycles. The zero-order valence-corrected chi connectivity index (χ0v) is 14.9. The van der Waals surface area contributed by atoms with Gasteiger partial charge in [-0.05, 0) is 58.4 Å². The molecule has 1 fully saturated rings. The number of halogens is 1. The normalized spacial score (nSPS) is 15.8. The number of para-hydroxylation sites is 1. The molecular weight excluding hydrogens is 364 g/mol. The molecule has 3 aromatic rings. The quantitative estimate of drug-likeness (QED) is 0.668. The summed E-state index contributed by atoms with van der Waals surface area (Å²) in [6.45, 7) is 1.61. The number of H-pyrrole nitrogens is 1. The van der Waals surface area contributed by atoms with E-state index >= 15 is 0 Å². The average molecular weight is 383 g/mol. The smallest absolute Gasteiger partial charge is 0.254 e. The van der Waals surface area contributed by atoms with E-state index in [0.29, 0.717) is 5.92 Å². The van der Waals surface area contributed by atoms with E-state index in [9.17, 15) is 4.79 Å². The Kier molecular flexibility index (Phi) is 4.15. The van der Waals surface area contributed by atoms with Crippen molar-refractivity contribution in [1.82, 2.24) is 9.88 Å². The SMILES string of the molecule is O=C(c1ccccc1Br)N1CCC(c2cc3ccccc3[nH]2)CC1. The Bertz CT molecular complexity index is 845. The van der Waals surface area contributed by atoms with Crippen LogP contribution in [0.4, 0.5) is 0 Å². The average Bonchev–Trinajstić information content (AvgIpc) is 3.06. The van der Waals surface area contributed by atoms with E-state index in [0.717, 1.165) is 36.0 Å². The van der Waals surface area contributed by atoms with Gasteiger partial charge in [0.25, 0.3) is 5.91 Å². The number of hydrogen-bond donors (Lipinski definition) is 1. The summed E-state index contributed by atoms with van der Waals surface area (Å²) in [4.78, 5) is 18.2. The van der Waals surface area contributed by atoms with Gasteiger partial charge in [-0.15, -0.1) is 0 Å². The highest BCUT2D eigenvalue weighted by Crippen LogP contribution is 2.31. The lowest BCUT2D eigenvalue weighted by molar-refractivity contribution is 0.0711. The van der Waals surface area contributed by atoms with Crippen LogP contribution in [-0.4, -0.2) is 28.9 Å². The lowest BCUT2D eigenvalue weighted by Gasteiger charge is -2.32. The Morgan fingerprint density at radius 3 is 2.50 bits per heavy atom. The second-order valence-corrected chi connectivity index (χ2v) is 7.21. The van der Waals surface area contributed by atoms with Crippen LogP contribution in [0.25, 0.3) is 10.9 Å². The third-order valence-electron chi connectivity index (χ3n) is 4.88. The molecule has 4 rings (SSSR count). The summed E-state index contributed by atoms with van der Waals surface area (Å²) in [6, 6.07) is 18.3. The molecule has 0 bridgehead atoms. The van der Waals surface area contributed by atoms with Gasteiger partial charge in [0.2, 0.25) is 0 Å². The summed E-state index contributed by atoms with van der Waals surface area (Å²) >= 11 is 3.48. The zero-order chi connectivity index (χ0) is 16.5. The van der Waals surface area contributed by atoms with Gasteiger partial charge < -0.3 is 9.88 Å². The van der Waals surface area contributed by atoms with Crippen molar-refractivity contribution in [3.8, 4) is 0 Å². The monoisotopic (exact) mass is 382 g/mol. The molecule has 0 radical (unpaired) electrons. The highest BCUT2D eigenvalue weighted by molar-refractivity contribution is 9.10. The maximum atomic E-state index is 12.7. The molecule has 3 nitrogen and oxygen atoms in total. The molecule has 1 aliphatic rings. The fraction of sp³-hybridized carbons (Fsp3) is 0.250. The maximum absolute atomic E-state index is 12.7. The number of rotatable bonds is 2. The lowest BCUT2D eigenvalue weighted by atomic mass is 9.93. The fourth-order valence-electron chi connectivity index (χ4n) is 3.51. The topological polar surface area (TPSA) is 36.1 Å². The first kappa shape index (κ1) is 15.5. The first-order valence-corrected chi connectivity index (χ1v) is 9.13. The summed E-state index contributed by atoms with van der Waals surface area (Å²) in [5.74, 6) is 0.623.